The van der Waals surface area contributed by atoms with Crippen LogP contribution >= 0.6 is 0 Å². The minimum atomic E-state index is -4.35. The van der Waals surface area contributed by atoms with Gasteiger partial charge in [0.05, 0.1) is 6.42 Å². The molecule has 1 atom stereocenters. The van der Waals surface area contributed by atoms with E-state index in [1.807, 2.05) is 6.92 Å². The van der Waals surface area contributed by atoms with E-state index < -0.39 is 29.8 Å². The van der Waals surface area contributed by atoms with E-state index in [1.54, 1.807) is 0 Å². The summed E-state index contributed by atoms with van der Waals surface area (Å²) in [4.78, 5) is 23.9. The van der Waals surface area contributed by atoms with E-state index in [1.165, 1.54) is 4.90 Å². The van der Waals surface area contributed by atoms with Crippen LogP contribution in [0.15, 0.2) is 11.6 Å². The second-order valence-corrected chi connectivity index (χ2v) is 4.96. The van der Waals surface area contributed by atoms with Gasteiger partial charge in [-0.2, -0.15) is 13.2 Å². The molecule has 0 spiro atoms. The van der Waals surface area contributed by atoms with Crippen molar-refractivity contribution in [1.82, 2.24) is 10.2 Å². The number of carboxylic acid groups (broad SMARTS) is 1. The predicted molar refractivity (Wildman–Crippen MR) is 69.8 cm³/mol. The summed E-state index contributed by atoms with van der Waals surface area (Å²) in [5.41, 5.74) is -0.623. The molecular formula is C13H19F3N2O3. The lowest BCUT2D eigenvalue weighted by Crippen LogP contribution is -2.47. The molecule has 1 aliphatic heterocycles. The Bertz CT molecular complexity index is 421. The molecule has 0 fully saturated rings. The van der Waals surface area contributed by atoms with Gasteiger partial charge in [0.25, 0.3) is 0 Å². The van der Waals surface area contributed by atoms with Crippen LogP contribution in [-0.4, -0.2) is 47.3 Å². The summed E-state index contributed by atoms with van der Waals surface area (Å²) >= 11 is 0. The lowest BCUT2D eigenvalue weighted by Gasteiger charge is -2.29. The van der Waals surface area contributed by atoms with Crippen molar-refractivity contribution in [2.75, 3.05) is 13.1 Å². The van der Waals surface area contributed by atoms with Crippen molar-refractivity contribution in [1.29, 1.82) is 0 Å². The van der Waals surface area contributed by atoms with E-state index in [-0.39, 0.29) is 25.9 Å². The molecule has 0 radical (unpaired) electrons. The van der Waals surface area contributed by atoms with Crippen LogP contribution < -0.4 is 5.32 Å². The Morgan fingerprint density at radius 3 is 2.57 bits per heavy atom. The highest BCUT2D eigenvalue weighted by Gasteiger charge is 2.35. The molecule has 1 rings (SSSR count). The van der Waals surface area contributed by atoms with Crippen LogP contribution in [0.25, 0.3) is 0 Å². The van der Waals surface area contributed by atoms with Crippen molar-refractivity contribution in [3.05, 3.63) is 11.6 Å². The number of halogens is 3. The molecule has 8 heteroatoms. The molecule has 0 saturated heterocycles. The van der Waals surface area contributed by atoms with Crippen molar-refractivity contribution >= 4 is 12.0 Å². The third kappa shape index (κ3) is 5.65. The smallest absolute Gasteiger partial charge is 0.412 e. The predicted octanol–water partition coefficient (Wildman–Crippen LogP) is 2.53. The normalized spacial score (nSPS) is 17.1. The van der Waals surface area contributed by atoms with Crippen LogP contribution in [0.5, 0.6) is 0 Å². The molecule has 5 nitrogen and oxygen atoms in total. The van der Waals surface area contributed by atoms with Crippen molar-refractivity contribution in [3.8, 4) is 0 Å². The molecule has 2 amide bonds. The summed E-state index contributed by atoms with van der Waals surface area (Å²) in [5.74, 6) is -1.02. The summed E-state index contributed by atoms with van der Waals surface area (Å²) in [6.07, 6.45) is -2.58. The maximum Gasteiger partial charge on any atom is 0.412 e. The van der Waals surface area contributed by atoms with Gasteiger partial charge in [0, 0.05) is 24.7 Å². The number of carbonyl (C=O) groups is 2. The van der Waals surface area contributed by atoms with Crippen LogP contribution in [0.3, 0.4) is 0 Å². The van der Waals surface area contributed by atoms with Gasteiger partial charge >= 0.3 is 18.2 Å². The summed E-state index contributed by atoms with van der Waals surface area (Å²) in [5, 5.41) is 11.3. The highest BCUT2D eigenvalue weighted by Crippen LogP contribution is 2.30. The van der Waals surface area contributed by atoms with Crippen LogP contribution in [0.4, 0.5) is 18.0 Å². The first-order valence-corrected chi connectivity index (χ1v) is 6.77. The summed E-state index contributed by atoms with van der Waals surface area (Å²) in [7, 11) is 0. The molecule has 21 heavy (non-hydrogen) atoms. The third-order valence-electron chi connectivity index (χ3n) is 3.25. The fraction of sp³-hybridized carbons (Fsp3) is 0.692. The van der Waals surface area contributed by atoms with Gasteiger partial charge in [-0.15, -0.1) is 0 Å². The van der Waals surface area contributed by atoms with E-state index in [0.29, 0.717) is 12.8 Å². The second kappa shape index (κ2) is 7.33. The quantitative estimate of drug-likeness (QED) is 0.767. The van der Waals surface area contributed by atoms with E-state index in [0.717, 1.165) is 6.08 Å². The van der Waals surface area contributed by atoms with Gasteiger partial charge in [0.15, 0.2) is 0 Å². The number of carbonyl (C=O) groups excluding carboxylic acids is 1. The Balaban J connectivity index is 2.56. The maximum absolute atomic E-state index is 12.5. The minimum absolute atomic E-state index is 0.0247. The third-order valence-corrected chi connectivity index (χ3v) is 3.25. The number of hydrogen-bond donors (Lipinski definition) is 2. The first kappa shape index (κ1) is 17.3. The molecule has 0 aromatic heterocycles. The van der Waals surface area contributed by atoms with Gasteiger partial charge in [0.2, 0.25) is 0 Å². The zero-order valence-electron chi connectivity index (χ0n) is 11.7. The Kier molecular flexibility index (Phi) is 6.04. The highest BCUT2D eigenvalue weighted by molar-refractivity contribution is 5.76. The zero-order valence-corrected chi connectivity index (χ0v) is 11.7. The maximum atomic E-state index is 12.5. The van der Waals surface area contributed by atoms with Crippen LogP contribution in [-0.2, 0) is 4.79 Å². The standard InChI is InChI=1S/C13H19F3N2O3/c1-2-3-10(8-11(19)20)17-12(21)18-6-4-9(5-7-18)13(14,15)16/h4,10H,2-3,5-8H2,1H3,(H,17,21)(H,19,20). The van der Waals surface area contributed by atoms with E-state index in [4.69, 9.17) is 5.11 Å². The summed E-state index contributed by atoms with van der Waals surface area (Å²) in [6.45, 7) is 1.72. The number of alkyl halides is 3. The minimum Gasteiger partial charge on any atom is -0.481 e. The molecule has 120 valence electrons. The fourth-order valence-electron chi connectivity index (χ4n) is 2.16. The summed E-state index contributed by atoms with van der Waals surface area (Å²) in [6, 6.07) is -1.03. The van der Waals surface area contributed by atoms with Gasteiger partial charge in [-0.05, 0) is 12.8 Å². The average molecular weight is 308 g/mol. The molecule has 1 aliphatic rings. The van der Waals surface area contributed by atoms with Crippen molar-refractivity contribution < 1.29 is 27.9 Å². The SMILES string of the molecule is CCCC(CC(=O)O)NC(=O)N1CC=C(C(F)(F)F)CC1. The zero-order chi connectivity index (χ0) is 16.0. The Morgan fingerprint density at radius 2 is 2.14 bits per heavy atom. The second-order valence-electron chi connectivity index (χ2n) is 4.96. The van der Waals surface area contributed by atoms with Gasteiger partial charge in [0.1, 0.15) is 0 Å². The lowest BCUT2D eigenvalue weighted by atomic mass is 10.1. The Labute approximate surface area is 120 Å². The Morgan fingerprint density at radius 1 is 1.48 bits per heavy atom. The molecule has 0 aromatic rings. The van der Waals surface area contributed by atoms with Gasteiger partial charge in [-0.25, -0.2) is 4.79 Å². The number of carboxylic acids is 1. The van der Waals surface area contributed by atoms with Crippen LogP contribution in [0.2, 0.25) is 0 Å². The monoisotopic (exact) mass is 308 g/mol. The molecule has 0 saturated carbocycles. The average Bonchev–Trinajstić information content (AvgIpc) is 2.37. The number of amides is 2. The number of urea groups is 1. The van der Waals surface area contributed by atoms with Crippen LogP contribution in [0, 0.1) is 0 Å². The fourth-order valence-corrected chi connectivity index (χ4v) is 2.16. The molecular weight excluding hydrogens is 289 g/mol. The first-order chi connectivity index (χ1) is 9.74. The molecule has 1 heterocycles. The molecule has 0 aromatic carbocycles. The topological polar surface area (TPSA) is 69.6 Å². The van der Waals surface area contributed by atoms with Crippen molar-refractivity contribution in [3.63, 3.8) is 0 Å². The molecule has 0 bridgehead atoms. The number of aliphatic carboxylic acids is 1. The number of rotatable bonds is 5. The van der Waals surface area contributed by atoms with Crippen molar-refractivity contribution in [2.45, 2.75) is 44.8 Å². The van der Waals surface area contributed by atoms with E-state index in [9.17, 15) is 22.8 Å². The lowest BCUT2D eigenvalue weighted by molar-refractivity contribution is -0.137. The first-order valence-electron chi connectivity index (χ1n) is 6.77. The van der Waals surface area contributed by atoms with Gasteiger partial charge in [-0.1, -0.05) is 19.4 Å². The number of hydrogen-bond acceptors (Lipinski definition) is 2. The van der Waals surface area contributed by atoms with Crippen molar-refractivity contribution in [2.24, 2.45) is 0 Å². The molecule has 1 unspecified atom stereocenters. The number of nitrogens with zero attached hydrogens (tertiary/aromatic N) is 1. The van der Waals surface area contributed by atoms with Gasteiger partial charge in [-0.3, -0.25) is 4.79 Å². The van der Waals surface area contributed by atoms with E-state index in [2.05, 4.69) is 5.32 Å². The molecule has 2 N–H and O–H groups in total. The summed E-state index contributed by atoms with van der Waals surface area (Å²) < 4.78 is 37.4. The van der Waals surface area contributed by atoms with E-state index >= 15 is 0 Å². The molecule has 0 aliphatic carbocycles. The van der Waals surface area contributed by atoms with Crippen LogP contribution in [0.1, 0.15) is 32.6 Å². The van der Waals surface area contributed by atoms with Gasteiger partial charge < -0.3 is 15.3 Å². The highest BCUT2D eigenvalue weighted by atomic mass is 19.4. The largest absolute Gasteiger partial charge is 0.481 e. The Hall–Kier alpha value is -1.73. The number of nitrogens with one attached hydrogen (secondary N) is 1.